The van der Waals surface area contributed by atoms with Gasteiger partial charge in [0.25, 0.3) is 0 Å². The number of hydrogen-bond acceptors (Lipinski definition) is 6. The number of nitrogens with one attached hydrogen (secondary N) is 1. The highest BCUT2D eigenvalue weighted by Gasteiger charge is 2.06. The first-order valence-electron chi connectivity index (χ1n) is 5.40. The minimum absolute atomic E-state index is 0.129. The Labute approximate surface area is 105 Å². The molecule has 0 aliphatic rings. The molecule has 0 spiro atoms. The van der Waals surface area contributed by atoms with E-state index in [1.165, 1.54) is 0 Å². The van der Waals surface area contributed by atoms with Gasteiger partial charge in [-0.2, -0.15) is 9.97 Å². The van der Waals surface area contributed by atoms with Gasteiger partial charge in [0.2, 0.25) is 5.95 Å². The molecular weight excluding hydrogens is 230 g/mol. The van der Waals surface area contributed by atoms with Crippen molar-refractivity contribution in [1.82, 2.24) is 9.97 Å². The average molecular weight is 245 g/mol. The Balaban J connectivity index is 2.35. The minimum Gasteiger partial charge on any atom is -0.495 e. The maximum Gasteiger partial charge on any atom is 0.223 e. The first kappa shape index (κ1) is 12.0. The van der Waals surface area contributed by atoms with E-state index in [0.717, 1.165) is 17.0 Å². The van der Waals surface area contributed by atoms with Crippen LogP contribution >= 0.6 is 0 Å². The Kier molecular flexibility index (Phi) is 3.18. The summed E-state index contributed by atoms with van der Waals surface area (Å²) in [5.74, 6) is 1.70. The van der Waals surface area contributed by atoms with Gasteiger partial charge in [-0.25, -0.2) is 0 Å². The third-order valence-corrected chi connectivity index (χ3v) is 2.38. The summed E-state index contributed by atoms with van der Waals surface area (Å²) in [6.07, 6.45) is 0. The fourth-order valence-corrected chi connectivity index (χ4v) is 1.61. The van der Waals surface area contributed by atoms with Crippen molar-refractivity contribution < 1.29 is 4.74 Å². The standard InChI is InChI=1S/C12H15N5O/c1-7-3-4-9(18-2)8(5-7)15-11-6-10(13)16-12(14)17-11/h3-6H,1-2H3,(H5,13,14,15,16,17). The number of aromatic nitrogens is 2. The van der Waals surface area contributed by atoms with E-state index in [-0.39, 0.29) is 5.95 Å². The molecule has 18 heavy (non-hydrogen) atoms. The Morgan fingerprint density at radius 1 is 1.17 bits per heavy atom. The van der Waals surface area contributed by atoms with Crippen molar-refractivity contribution in [1.29, 1.82) is 0 Å². The van der Waals surface area contributed by atoms with E-state index in [4.69, 9.17) is 16.2 Å². The van der Waals surface area contributed by atoms with Gasteiger partial charge in [0, 0.05) is 6.07 Å². The molecule has 0 aliphatic heterocycles. The van der Waals surface area contributed by atoms with Crippen LogP contribution in [0, 0.1) is 6.92 Å². The molecular formula is C12H15N5O. The largest absolute Gasteiger partial charge is 0.495 e. The van der Waals surface area contributed by atoms with Gasteiger partial charge >= 0.3 is 0 Å². The van der Waals surface area contributed by atoms with Gasteiger partial charge in [-0.1, -0.05) is 6.07 Å². The summed E-state index contributed by atoms with van der Waals surface area (Å²) in [5.41, 5.74) is 13.1. The van der Waals surface area contributed by atoms with E-state index in [1.807, 2.05) is 25.1 Å². The molecule has 2 rings (SSSR count). The van der Waals surface area contributed by atoms with Crippen LogP contribution < -0.4 is 21.5 Å². The number of ether oxygens (including phenoxy) is 1. The predicted molar refractivity (Wildman–Crippen MR) is 71.9 cm³/mol. The lowest BCUT2D eigenvalue weighted by atomic mass is 10.2. The van der Waals surface area contributed by atoms with E-state index in [9.17, 15) is 0 Å². The molecule has 0 aliphatic carbocycles. The van der Waals surface area contributed by atoms with Crippen LogP contribution in [0.25, 0.3) is 0 Å². The van der Waals surface area contributed by atoms with Crippen LogP contribution in [0.2, 0.25) is 0 Å². The normalized spacial score (nSPS) is 10.1. The fraction of sp³-hybridized carbons (Fsp3) is 0.167. The van der Waals surface area contributed by atoms with E-state index in [1.54, 1.807) is 13.2 Å². The number of benzene rings is 1. The zero-order valence-electron chi connectivity index (χ0n) is 10.3. The lowest BCUT2D eigenvalue weighted by Crippen LogP contribution is -2.03. The quantitative estimate of drug-likeness (QED) is 0.761. The molecule has 0 amide bonds. The highest BCUT2D eigenvalue weighted by molar-refractivity contribution is 5.66. The number of nitrogens with zero attached hydrogens (tertiary/aromatic N) is 2. The third-order valence-electron chi connectivity index (χ3n) is 2.38. The van der Waals surface area contributed by atoms with Crippen molar-refractivity contribution in [2.75, 3.05) is 23.9 Å². The molecule has 0 fully saturated rings. The SMILES string of the molecule is COc1ccc(C)cc1Nc1cc(N)nc(N)n1. The number of methoxy groups -OCH3 is 1. The summed E-state index contributed by atoms with van der Waals surface area (Å²) >= 11 is 0. The summed E-state index contributed by atoms with van der Waals surface area (Å²) in [5, 5.41) is 3.11. The lowest BCUT2D eigenvalue weighted by molar-refractivity contribution is 0.416. The molecule has 0 saturated heterocycles. The first-order valence-corrected chi connectivity index (χ1v) is 5.40. The van der Waals surface area contributed by atoms with Gasteiger partial charge < -0.3 is 21.5 Å². The van der Waals surface area contributed by atoms with Crippen molar-refractivity contribution in [3.05, 3.63) is 29.8 Å². The van der Waals surface area contributed by atoms with Gasteiger partial charge in [-0.15, -0.1) is 0 Å². The van der Waals surface area contributed by atoms with Crippen molar-refractivity contribution in [2.24, 2.45) is 0 Å². The second kappa shape index (κ2) is 4.79. The molecule has 94 valence electrons. The van der Waals surface area contributed by atoms with Crippen LogP contribution in [0.15, 0.2) is 24.3 Å². The Morgan fingerprint density at radius 2 is 1.94 bits per heavy atom. The molecule has 0 unspecified atom stereocenters. The van der Waals surface area contributed by atoms with Gasteiger partial charge in [0.05, 0.1) is 12.8 Å². The molecule has 0 saturated carbocycles. The fourth-order valence-electron chi connectivity index (χ4n) is 1.61. The summed E-state index contributed by atoms with van der Waals surface area (Å²) in [6.45, 7) is 1.99. The Bertz CT molecular complexity index is 550. The molecule has 0 radical (unpaired) electrons. The van der Waals surface area contributed by atoms with Crippen LogP contribution in [-0.2, 0) is 0 Å². The van der Waals surface area contributed by atoms with Crippen LogP contribution in [-0.4, -0.2) is 17.1 Å². The summed E-state index contributed by atoms with van der Waals surface area (Å²) in [7, 11) is 1.61. The summed E-state index contributed by atoms with van der Waals surface area (Å²) in [4.78, 5) is 7.86. The predicted octanol–water partition coefficient (Wildman–Crippen LogP) is 1.70. The van der Waals surface area contributed by atoms with E-state index < -0.39 is 0 Å². The number of hydrogen-bond donors (Lipinski definition) is 3. The maximum absolute atomic E-state index is 5.61. The molecule has 1 aromatic heterocycles. The van der Waals surface area contributed by atoms with Crippen molar-refractivity contribution in [3.8, 4) is 5.75 Å². The van der Waals surface area contributed by atoms with Gasteiger partial charge in [0.1, 0.15) is 17.4 Å². The maximum atomic E-state index is 5.61. The minimum atomic E-state index is 0.129. The molecule has 1 aromatic carbocycles. The second-order valence-electron chi connectivity index (χ2n) is 3.86. The van der Waals surface area contributed by atoms with Crippen LogP contribution in [0.5, 0.6) is 5.75 Å². The topological polar surface area (TPSA) is 99.1 Å². The number of nitrogen functional groups attached to an aromatic ring is 2. The highest BCUT2D eigenvalue weighted by atomic mass is 16.5. The van der Waals surface area contributed by atoms with Gasteiger partial charge in [-0.05, 0) is 24.6 Å². The zero-order chi connectivity index (χ0) is 13.1. The van der Waals surface area contributed by atoms with Crippen LogP contribution in [0.1, 0.15) is 5.56 Å². The lowest BCUT2D eigenvalue weighted by Gasteiger charge is -2.11. The van der Waals surface area contributed by atoms with E-state index in [0.29, 0.717) is 11.6 Å². The molecule has 0 atom stereocenters. The van der Waals surface area contributed by atoms with E-state index >= 15 is 0 Å². The molecule has 2 aromatic rings. The molecule has 5 N–H and O–H groups in total. The zero-order valence-corrected chi connectivity index (χ0v) is 10.3. The first-order chi connectivity index (χ1) is 8.58. The van der Waals surface area contributed by atoms with Crippen LogP contribution in [0.3, 0.4) is 0 Å². The van der Waals surface area contributed by atoms with Gasteiger partial charge in [0.15, 0.2) is 0 Å². The molecule has 6 heteroatoms. The van der Waals surface area contributed by atoms with Crippen LogP contribution in [0.4, 0.5) is 23.3 Å². The summed E-state index contributed by atoms with van der Waals surface area (Å²) < 4.78 is 5.26. The van der Waals surface area contributed by atoms with E-state index in [2.05, 4.69) is 15.3 Å². The second-order valence-corrected chi connectivity index (χ2v) is 3.86. The molecule has 6 nitrogen and oxygen atoms in total. The smallest absolute Gasteiger partial charge is 0.223 e. The monoisotopic (exact) mass is 245 g/mol. The Hall–Kier alpha value is -2.50. The van der Waals surface area contributed by atoms with Gasteiger partial charge in [-0.3, -0.25) is 0 Å². The number of aryl methyl sites for hydroxylation is 1. The molecule has 1 heterocycles. The number of anilines is 4. The summed E-state index contributed by atoms with van der Waals surface area (Å²) in [6, 6.07) is 7.41. The number of nitrogens with two attached hydrogens (primary N) is 2. The Morgan fingerprint density at radius 3 is 2.61 bits per heavy atom. The molecule has 0 bridgehead atoms. The van der Waals surface area contributed by atoms with Crippen molar-refractivity contribution in [3.63, 3.8) is 0 Å². The van der Waals surface area contributed by atoms with Crippen molar-refractivity contribution in [2.45, 2.75) is 6.92 Å². The third kappa shape index (κ3) is 2.60. The van der Waals surface area contributed by atoms with Crippen molar-refractivity contribution >= 4 is 23.3 Å². The highest BCUT2D eigenvalue weighted by Crippen LogP contribution is 2.28. The number of rotatable bonds is 3. The average Bonchev–Trinajstić information content (AvgIpc) is 2.27.